The first-order valence-electron chi connectivity index (χ1n) is 5.74. The molecule has 0 aliphatic heterocycles. The number of ether oxygens (including phenoxy) is 1. The molecule has 96 valence electrons. The van der Waals surface area contributed by atoms with Crippen molar-refractivity contribution in [2.45, 2.75) is 13.5 Å². The second-order valence-electron chi connectivity index (χ2n) is 4.12. The minimum atomic E-state index is -0.119. The quantitative estimate of drug-likeness (QED) is 0.783. The van der Waals surface area contributed by atoms with Gasteiger partial charge in [0.05, 0.1) is 19.2 Å². The highest BCUT2D eigenvalue weighted by Crippen LogP contribution is 2.21. The van der Waals surface area contributed by atoms with Gasteiger partial charge >= 0.3 is 0 Å². The molecule has 2 rings (SSSR count). The Morgan fingerprint density at radius 2 is 2.32 bits per heavy atom. The van der Waals surface area contributed by atoms with E-state index in [4.69, 9.17) is 10.00 Å². The molecule has 0 saturated carbocycles. The average molecular weight is 255 g/mol. The molecule has 2 aromatic rings. The Morgan fingerprint density at radius 1 is 1.53 bits per heavy atom. The summed E-state index contributed by atoms with van der Waals surface area (Å²) in [6, 6.07) is 7.34. The summed E-state index contributed by atoms with van der Waals surface area (Å²) >= 11 is 0. The molecular formula is C14H13N3O2. The number of ketones is 1. The summed E-state index contributed by atoms with van der Waals surface area (Å²) in [6.07, 6.45) is 3.11. The zero-order valence-electron chi connectivity index (χ0n) is 10.8. The lowest BCUT2D eigenvalue weighted by molar-refractivity contribution is 0.0969. The van der Waals surface area contributed by atoms with Crippen molar-refractivity contribution in [1.82, 2.24) is 9.55 Å². The van der Waals surface area contributed by atoms with E-state index in [2.05, 4.69) is 4.98 Å². The second-order valence-corrected chi connectivity index (χ2v) is 4.12. The number of benzene rings is 1. The van der Waals surface area contributed by atoms with Crippen molar-refractivity contribution >= 4 is 5.78 Å². The zero-order valence-corrected chi connectivity index (χ0v) is 10.8. The van der Waals surface area contributed by atoms with Gasteiger partial charge in [-0.1, -0.05) is 6.07 Å². The fraction of sp³-hybridized carbons (Fsp3) is 0.214. The lowest BCUT2D eigenvalue weighted by Gasteiger charge is -2.09. The number of carbonyl (C=O) groups is 1. The Labute approximate surface area is 111 Å². The van der Waals surface area contributed by atoms with Crippen LogP contribution in [0.15, 0.2) is 30.6 Å². The van der Waals surface area contributed by atoms with Crippen molar-refractivity contribution in [1.29, 1.82) is 5.26 Å². The molecule has 5 nitrogen and oxygen atoms in total. The van der Waals surface area contributed by atoms with Crippen LogP contribution in [-0.4, -0.2) is 22.4 Å². The van der Waals surface area contributed by atoms with E-state index in [-0.39, 0.29) is 18.2 Å². The van der Waals surface area contributed by atoms with Crippen LogP contribution in [-0.2, 0) is 6.54 Å². The van der Waals surface area contributed by atoms with Crippen LogP contribution in [0.25, 0.3) is 0 Å². The molecule has 0 saturated heterocycles. The van der Waals surface area contributed by atoms with Gasteiger partial charge in [0.2, 0.25) is 5.82 Å². The minimum absolute atomic E-state index is 0.0717. The molecule has 0 bridgehead atoms. The van der Waals surface area contributed by atoms with Crippen molar-refractivity contribution in [3.8, 4) is 11.8 Å². The molecule has 0 spiro atoms. The number of aryl methyl sites for hydroxylation is 1. The van der Waals surface area contributed by atoms with E-state index in [9.17, 15) is 4.79 Å². The Kier molecular flexibility index (Phi) is 3.62. The number of Topliss-reactive ketones (excluding diaryl/α,β-unsaturated/α-hetero) is 1. The van der Waals surface area contributed by atoms with E-state index in [0.29, 0.717) is 11.3 Å². The third kappa shape index (κ3) is 2.63. The maximum Gasteiger partial charge on any atom is 0.213 e. The molecule has 1 aromatic carbocycles. The molecular weight excluding hydrogens is 242 g/mol. The molecule has 0 unspecified atom stereocenters. The Balaban J connectivity index is 2.28. The number of hydrogen-bond donors (Lipinski definition) is 0. The normalized spacial score (nSPS) is 9.95. The molecule has 0 aliphatic carbocycles. The lowest BCUT2D eigenvalue weighted by Crippen LogP contribution is -2.12. The number of hydrogen-bond acceptors (Lipinski definition) is 4. The summed E-state index contributed by atoms with van der Waals surface area (Å²) in [5, 5.41) is 8.86. The first-order chi connectivity index (χ1) is 9.15. The molecule has 19 heavy (non-hydrogen) atoms. The molecule has 0 aliphatic rings. The summed E-state index contributed by atoms with van der Waals surface area (Å²) in [5.41, 5.74) is 1.53. The zero-order chi connectivity index (χ0) is 13.8. The van der Waals surface area contributed by atoms with Crippen LogP contribution in [0.3, 0.4) is 0 Å². The molecule has 0 radical (unpaired) electrons. The monoisotopic (exact) mass is 255 g/mol. The van der Waals surface area contributed by atoms with Crippen LogP contribution in [0.1, 0.15) is 21.7 Å². The smallest absolute Gasteiger partial charge is 0.213 e. The summed E-state index contributed by atoms with van der Waals surface area (Å²) < 4.78 is 6.73. The second kappa shape index (κ2) is 5.36. The van der Waals surface area contributed by atoms with Gasteiger partial charge in [-0.3, -0.25) is 4.79 Å². The predicted octanol–water partition coefficient (Wildman–Crippen LogP) is 1.95. The standard InChI is InChI=1S/C14H13N3O2/c1-10-3-4-11(13(7-10)19-2)12(18)9-17-6-5-16-14(17)8-15/h3-7H,9H2,1-2H3. The van der Waals surface area contributed by atoms with E-state index in [1.807, 2.05) is 25.1 Å². The first kappa shape index (κ1) is 12.8. The number of nitrogens with zero attached hydrogens (tertiary/aromatic N) is 3. The topological polar surface area (TPSA) is 67.9 Å². The summed E-state index contributed by atoms with van der Waals surface area (Å²) in [4.78, 5) is 16.1. The average Bonchev–Trinajstić information content (AvgIpc) is 2.85. The van der Waals surface area contributed by atoms with E-state index in [1.165, 1.54) is 17.9 Å². The molecule has 0 fully saturated rings. The maximum atomic E-state index is 12.2. The number of aromatic nitrogens is 2. The third-order valence-corrected chi connectivity index (χ3v) is 2.79. The highest BCUT2D eigenvalue weighted by molar-refractivity contribution is 5.98. The fourth-order valence-corrected chi connectivity index (χ4v) is 1.82. The van der Waals surface area contributed by atoms with Gasteiger partial charge in [0, 0.05) is 12.4 Å². The van der Waals surface area contributed by atoms with Crippen molar-refractivity contribution in [2.24, 2.45) is 0 Å². The Morgan fingerprint density at radius 3 is 3.00 bits per heavy atom. The lowest BCUT2D eigenvalue weighted by atomic mass is 10.1. The summed E-state index contributed by atoms with van der Waals surface area (Å²) in [5.74, 6) is 0.648. The van der Waals surface area contributed by atoms with Gasteiger partial charge in [-0.25, -0.2) is 4.98 Å². The summed E-state index contributed by atoms with van der Waals surface area (Å²) in [6.45, 7) is 2.00. The number of rotatable bonds is 4. The van der Waals surface area contributed by atoms with Gasteiger partial charge in [-0.05, 0) is 24.6 Å². The maximum absolute atomic E-state index is 12.2. The van der Waals surface area contributed by atoms with Gasteiger partial charge in [-0.15, -0.1) is 0 Å². The minimum Gasteiger partial charge on any atom is -0.496 e. The largest absolute Gasteiger partial charge is 0.496 e. The van der Waals surface area contributed by atoms with Crippen LogP contribution < -0.4 is 4.74 Å². The van der Waals surface area contributed by atoms with Crippen LogP contribution in [0.4, 0.5) is 0 Å². The molecule has 0 amide bonds. The number of methoxy groups -OCH3 is 1. The Hall–Kier alpha value is -2.61. The van der Waals surface area contributed by atoms with Crippen molar-refractivity contribution < 1.29 is 9.53 Å². The predicted molar refractivity (Wildman–Crippen MR) is 69.0 cm³/mol. The van der Waals surface area contributed by atoms with Crippen molar-refractivity contribution in [3.05, 3.63) is 47.5 Å². The van der Waals surface area contributed by atoms with Crippen LogP contribution in [0, 0.1) is 18.3 Å². The molecule has 1 heterocycles. The van der Waals surface area contributed by atoms with Crippen molar-refractivity contribution in [3.63, 3.8) is 0 Å². The molecule has 0 N–H and O–H groups in total. The van der Waals surface area contributed by atoms with Gasteiger partial charge in [0.15, 0.2) is 5.78 Å². The van der Waals surface area contributed by atoms with E-state index in [0.717, 1.165) is 5.56 Å². The highest BCUT2D eigenvalue weighted by Gasteiger charge is 2.14. The van der Waals surface area contributed by atoms with E-state index >= 15 is 0 Å². The van der Waals surface area contributed by atoms with Gasteiger partial charge in [0.1, 0.15) is 11.8 Å². The van der Waals surface area contributed by atoms with Crippen LogP contribution >= 0.6 is 0 Å². The van der Waals surface area contributed by atoms with Gasteiger partial charge in [-0.2, -0.15) is 5.26 Å². The van der Waals surface area contributed by atoms with Gasteiger partial charge < -0.3 is 9.30 Å². The summed E-state index contributed by atoms with van der Waals surface area (Å²) in [7, 11) is 1.53. The highest BCUT2D eigenvalue weighted by atomic mass is 16.5. The van der Waals surface area contributed by atoms with Crippen LogP contribution in [0.5, 0.6) is 5.75 Å². The molecule has 5 heteroatoms. The molecule has 0 atom stereocenters. The first-order valence-corrected chi connectivity index (χ1v) is 5.74. The van der Waals surface area contributed by atoms with E-state index < -0.39 is 0 Å². The van der Waals surface area contributed by atoms with Crippen LogP contribution in [0.2, 0.25) is 0 Å². The van der Waals surface area contributed by atoms with Crippen molar-refractivity contribution in [2.75, 3.05) is 7.11 Å². The number of nitriles is 1. The number of carbonyl (C=O) groups excluding carboxylic acids is 1. The van der Waals surface area contributed by atoms with Gasteiger partial charge in [0.25, 0.3) is 0 Å². The fourth-order valence-electron chi connectivity index (χ4n) is 1.82. The molecule has 1 aromatic heterocycles. The third-order valence-electron chi connectivity index (χ3n) is 2.79. The number of imidazole rings is 1. The SMILES string of the molecule is COc1cc(C)ccc1C(=O)Cn1ccnc1C#N. The van der Waals surface area contributed by atoms with E-state index in [1.54, 1.807) is 12.3 Å². The Bertz CT molecular complexity index is 653.